The number of amides is 1. The van der Waals surface area contributed by atoms with E-state index in [9.17, 15) is 4.79 Å². The fourth-order valence-electron chi connectivity index (χ4n) is 1.24. The molecule has 0 aliphatic rings. The molecule has 0 radical (unpaired) electrons. The van der Waals surface area contributed by atoms with Crippen LogP contribution in [0.2, 0.25) is 0 Å². The maximum absolute atomic E-state index is 10.8. The molecule has 0 heterocycles. The highest BCUT2D eigenvalue weighted by Crippen LogP contribution is 2.18. The van der Waals surface area contributed by atoms with Crippen molar-refractivity contribution in [2.45, 2.75) is 0 Å². The van der Waals surface area contributed by atoms with Crippen LogP contribution >= 0.6 is 0 Å². The number of nitrogens with one attached hydrogen (secondary N) is 1. The Morgan fingerprint density at radius 3 is 2.67 bits per heavy atom. The van der Waals surface area contributed by atoms with Crippen LogP contribution < -0.4 is 10.4 Å². The second-order valence-corrected chi connectivity index (χ2v) is 3.26. The molecule has 0 spiro atoms. The molecule has 0 unspecified atom stereocenters. The summed E-state index contributed by atoms with van der Waals surface area (Å²) in [5.74, 6) is -0.538. The van der Waals surface area contributed by atoms with Gasteiger partial charge < -0.3 is 4.90 Å². The molecule has 0 saturated carbocycles. The number of rotatable bonds is 3. The van der Waals surface area contributed by atoms with Crippen molar-refractivity contribution in [3.8, 4) is 0 Å². The van der Waals surface area contributed by atoms with Gasteiger partial charge in [0.2, 0.25) is 0 Å². The van der Waals surface area contributed by atoms with Gasteiger partial charge in [0.15, 0.2) is 0 Å². The van der Waals surface area contributed by atoms with Crippen molar-refractivity contribution in [2.75, 3.05) is 19.0 Å². The normalized spacial score (nSPS) is 10.3. The lowest BCUT2D eigenvalue weighted by Crippen LogP contribution is -2.15. The Bertz CT molecular complexity index is 373. The van der Waals surface area contributed by atoms with Crippen LogP contribution in [0.3, 0.4) is 0 Å². The Hall–Kier alpha value is -1.81. The summed E-state index contributed by atoms with van der Waals surface area (Å²) in [5, 5.41) is 8.33. The monoisotopic (exact) mass is 206 g/mol. The van der Waals surface area contributed by atoms with Gasteiger partial charge in [0, 0.05) is 25.9 Å². The molecule has 80 valence electrons. The first-order valence-electron chi connectivity index (χ1n) is 4.53. The average molecular weight is 206 g/mol. The molecule has 2 N–H and O–H groups in total. The van der Waals surface area contributed by atoms with E-state index in [-0.39, 0.29) is 0 Å². The Balaban J connectivity index is 2.94. The fourth-order valence-corrected chi connectivity index (χ4v) is 1.24. The lowest BCUT2D eigenvalue weighted by Gasteiger charge is -2.15. The first-order valence-corrected chi connectivity index (χ1v) is 4.53. The average Bonchev–Trinajstić information content (AvgIpc) is 2.26. The number of hydrogen-bond donors (Lipinski definition) is 2. The number of para-hydroxylation sites is 1. The van der Waals surface area contributed by atoms with Crippen molar-refractivity contribution < 1.29 is 10.0 Å². The zero-order valence-electron chi connectivity index (χ0n) is 8.77. The maximum atomic E-state index is 10.8. The van der Waals surface area contributed by atoms with Crippen molar-refractivity contribution in [1.29, 1.82) is 0 Å². The predicted molar refractivity (Wildman–Crippen MR) is 59.7 cm³/mol. The number of benzene rings is 1. The molecule has 1 aromatic carbocycles. The van der Waals surface area contributed by atoms with Crippen molar-refractivity contribution in [1.82, 2.24) is 5.48 Å². The summed E-state index contributed by atoms with van der Waals surface area (Å²) < 4.78 is 0. The van der Waals surface area contributed by atoms with Crippen molar-refractivity contribution in [2.24, 2.45) is 0 Å². The number of carbonyl (C=O) groups is 1. The summed E-state index contributed by atoms with van der Waals surface area (Å²) in [4.78, 5) is 12.8. The van der Waals surface area contributed by atoms with Crippen LogP contribution in [0.25, 0.3) is 6.08 Å². The molecule has 4 nitrogen and oxygen atoms in total. The standard InChI is InChI=1S/C11H14N2O2/c1-13(2)10-6-4-3-5-9(10)7-8-11(14)12-15/h3-8,15H,1-2H3,(H,12,14)/b8-7+. The quantitative estimate of drug-likeness (QED) is 0.445. The van der Waals surface area contributed by atoms with Gasteiger partial charge in [-0.05, 0) is 17.7 Å². The molecule has 0 aliphatic heterocycles. The second kappa shape index (κ2) is 5.17. The SMILES string of the molecule is CN(C)c1ccccc1/C=C/C(=O)NO. The van der Waals surface area contributed by atoms with E-state index >= 15 is 0 Å². The molecule has 1 rings (SSSR count). The Morgan fingerprint density at radius 1 is 1.40 bits per heavy atom. The molecular weight excluding hydrogens is 192 g/mol. The van der Waals surface area contributed by atoms with E-state index in [2.05, 4.69) is 0 Å². The largest absolute Gasteiger partial charge is 0.377 e. The van der Waals surface area contributed by atoms with Gasteiger partial charge in [-0.1, -0.05) is 18.2 Å². The molecule has 1 aromatic rings. The summed E-state index contributed by atoms with van der Waals surface area (Å²) in [6, 6.07) is 7.68. The Kier molecular flexibility index (Phi) is 3.88. The van der Waals surface area contributed by atoms with Crippen LogP contribution in [0.4, 0.5) is 5.69 Å². The van der Waals surface area contributed by atoms with Gasteiger partial charge in [0.05, 0.1) is 0 Å². The third-order valence-corrected chi connectivity index (χ3v) is 1.94. The van der Waals surface area contributed by atoms with E-state index in [0.717, 1.165) is 11.3 Å². The van der Waals surface area contributed by atoms with Crippen LogP contribution in [0.15, 0.2) is 30.3 Å². The first-order chi connectivity index (χ1) is 7.15. The molecule has 4 heteroatoms. The van der Waals surface area contributed by atoms with E-state index in [1.165, 1.54) is 6.08 Å². The molecule has 0 atom stereocenters. The van der Waals surface area contributed by atoms with Gasteiger partial charge in [0.25, 0.3) is 5.91 Å². The van der Waals surface area contributed by atoms with Crippen molar-refractivity contribution in [3.63, 3.8) is 0 Å². The summed E-state index contributed by atoms with van der Waals surface area (Å²) in [6.45, 7) is 0. The molecule has 0 saturated heterocycles. The van der Waals surface area contributed by atoms with E-state index in [1.807, 2.05) is 43.3 Å². The molecule has 0 fully saturated rings. The molecular formula is C11H14N2O2. The van der Waals surface area contributed by atoms with Crippen LogP contribution in [0.5, 0.6) is 0 Å². The number of carbonyl (C=O) groups excluding carboxylic acids is 1. The second-order valence-electron chi connectivity index (χ2n) is 3.26. The van der Waals surface area contributed by atoms with Crippen LogP contribution in [-0.2, 0) is 4.79 Å². The van der Waals surface area contributed by atoms with Gasteiger partial charge in [0.1, 0.15) is 0 Å². The summed E-state index contributed by atoms with van der Waals surface area (Å²) in [5.41, 5.74) is 3.48. The van der Waals surface area contributed by atoms with Crippen LogP contribution in [0.1, 0.15) is 5.56 Å². The third kappa shape index (κ3) is 3.11. The smallest absolute Gasteiger partial charge is 0.267 e. The minimum absolute atomic E-state index is 0.538. The fraction of sp³-hybridized carbons (Fsp3) is 0.182. The highest BCUT2D eigenvalue weighted by molar-refractivity contribution is 5.91. The van der Waals surface area contributed by atoms with E-state index in [1.54, 1.807) is 11.6 Å². The zero-order chi connectivity index (χ0) is 11.3. The number of hydrogen-bond acceptors (Lipinski definition) is 3. The molecule has 15 heavy (non-hydrogen) atoms. The summed E-state index contributed by atoms with van der Waals surface area (Å²) in [6.07, 6.45) is 2.93. The van der Waals surface area contributed by atoms with E-state index < -0.39 is 5.91 Å². The number of hydroxylamine groups is 1. The molecule has 0 bridgehead atoms. The number of nitrogens with zero attached hydrogens (tertiary/aromatic N) is 1. The van der Waals surface area contributed by atoms with Gasteiger partial charge >= 0.3 is 0 Å². The third-order valence-electron chi connectivity index (χ3n) is 1.94. The maximum Gasteiger partial charge on any atom is 0.267 e. The summed E-state index contributed by atoms with van der Waals surface area (Å²) in [7, 11) is 3.86. The Labute approximate surface area is 88.8 Å². The highest BCUT2D eigenvalue weighted by atomic mass is 16.5. The molecule has 0 aliphatic carbocycles. The lowest BCUT2D eigenvalue weighted by molar-refractivity contribution is -0.124. The minimum Gasteiger partial charge on any atom is -0.377 e. The van der Waals surface area contributed by atoms with Crippen LogP contribution in [0, 0.1) is 0 Å². The van der Waals surface area contributed by atoms with Gasteiger partial charge in [-0.2, -0.15) is 0 Å². The minimum atomic E-state index is -0.538. The Morgan fingerprint density at radius 2 is 2.07 bits per heavy atom. The van der Waals surface area contributed by atoms with Gasteiger partial charge in [-0.25, -0.2) is 5.48 Å². The summed E-state index contributed by atoms with van der Waals surface area (Å²) >= 11 is 0. The predicted octanol–water partition coefficient (Wildman–Crippen LogP) is 1.27. The highest BCUT2D eigenvalue weighted by Gasteiger charge is 2.00. The van der Waals surface area contributed by atoms with Crippen LogP contribution in [-0.4, -0.2) is 25.2 Å². The van der Waals surface area contributed by atoms with Gasteiger partial charge in [-0.3, -0.25) is 10.0 Å². The topological polar surface area (TPSA) is 52.6 Å². The van der Waals surface area contributed by atoms with Gasteiger partial charge in [-0.15, -0.1) is 0 Å². The zero-order valence-corrected chi connectivity index (χ0v) is 8.77. The molecule has 0 aromatic heterocycles. The van der Waals surface area contributed by atoms with E-state index in [0.29, 0.717) is 0 Å². The first kappa shape index (κ1) is 11.3. The van der Waals surface area contributed by atoms with Crippen molar-refractivity contribution in [3.05, 3.63) is 35.9 Å². The lowest BCUT2D eigenvalue weighted by atomic mass is 10.1. The van der Waals surface area contributed by atoms with Crippen molar-refractivity contribution >= 4 is 17.7 Å². The number of anilines is 1. The van der Waals surface area contributed by atoms with E-state index in [4.69, 9.17) is 5.21 Å². The molecule has 1 amide bonds.